The number of likely N-dealkylation sites (tertiary alicyclic amines) is 1. The van der Waals surface area contributed by atoms with Gasteiger partial charge in [0.05, 0.1) is 12.7 Å². The van der Waals surface area contributed by atoms with Gasteiger partial charge < -0.3 is 13.7 Å². The van der Waals surface area contributed by atoms with E-state index in [2.05, 4.69) is 10.2 Å². The molecule has 1 aliphatic heterocycles. The quantitative estimate of drug-likeness (QED) is 0.500. The summed E-state index contributed by atoms with van der Waals surface area (Å²) >= 11 is 1.58. The van der Waals surface area contributed by atoms with Gasteiger partial charge in [-0.1, -0.05) is 12.1 Å². The molecule has 1 saturated heterocycles. The third-order valence-corrected chi connectivity index (χ3v) is 5.90. The van der Waals surface area contributed by atoms with Gasteiger partial charge in [0, 0.05) is 28.4 Å². The zero-order valence-corrected chi connectivity index (χ0v) is 16.2. The number of benzene rings is 1. The first kappa shape index (κ1) is 17.2. The number of furan rings is 1. The number of aromatic nitrogens is 2. The maximum Gasteiger partial charge on any atom is 0.248 e. The van der Waals surface area contributed by atoms with Crippen LogP contribution in [0.15, 0.2) is 50.1 Å². The minimum atomic E-state index is -0.159. The smallest absolute Gasteiger partial charge is 0.248 e. The number of nitrogens with zero attached hydrogens (tertiary/aromatic N) is 3. The molecule has 4 heterocycles. The van der Waals surface area contributed by atoms with E-state index in [9.17, 15) is 4.79 Å². The number of carbonyl (C=O) groups excluding carboxylic acids is 1. The third kappa shape index (κ3) is 3.01. The summed E-state index contributed by atoms with van der Waals surface area (Å²) < 4.78 is 11.5. The average Bonchev–Trinajstić information content (AvgIpc) is 3.46. The summed E-state index contributed by atoms with van der Waals surface area (Å²) in [5.41, 5.74) is 3.78. The molecule has 0 bridgehead atoms. The van der Waals surface area contributed by atoms with Crippen molar-refractivity contribution in [3.8, 4) is 11.5 Å². The van der Waals surface area contributed by atoms with Gasteiger partial charge >= 0.3 is 0 Å². The monoisotopic (exact) mass is 393 g/mol. The molecule has 7 heteroatoms. The van der Waals surface area contributed by atoms with Gasteiger partial charge in [0.2, 0.25) is 17.7 Å². The fourth-order valence-corrected chi connectivity index (χ4v) is 4.42. The predicted octanol–water partition coefficient (Wildman–Crippen LogP) is 4.76. The van der Waals surface area contributed by atoms with Crippen LogP contribution in [-0.2, 0) is 11.2 Å². The van der Waals surface area contributed by atoms with E-state index in [1.54, 1.807) is 17.6 Å². The molecule has 6 nitrogen and oxygen atoms in total. The SMILES string of the molecule is Cc1ccc2c(CC(=O)N3CCCC3c3nnc(-c4ccsc4)o3)coc2c1. The number of hydrogen-bond donors (Lipinski definition) is 0. The van der Waals surface area contributed by atoms with Gasteiger partial charge in [-0.3, -0.25) is 4.79 Å². The molecule has 0 N–H and O–H groups in total. The molecule has 4 aromatic rings. The van der Waals surface area contributed by atoms with Crippen LogP contribution < -0.4 is 0 Å². The number of fused-ring (bicyclic) bond motifs is 1. The molecule has 0 saturated carbocycles. The minimum absolute atomic E-state index is 0.0565. The lowest BCUT2D eigenvalue weighted by Gasteiger charge is -2.21. The number of rotatable bonds is 4. The fraction of sp³-hybridized carbons (Fsp3) is 0.286. The Hall–Kier alpha value is -2.93. The van der Waals surface area contributed by atoms with E-state index in [1.165, 1.54) is 0 Å². The summed E-state index contributed by atoms with van der Waals surface area (Å²) in [6.07, 6.45) is 3.76. The second kappa shape index (κ2) is 6.91. The van der Waals surface area contributed by atoms with Crippen LogP contribution in [0.25, 0.3) is 22.4 Å². The maximum atomic E-state index is 13.0. The molecule has 142 valence electrons. The first-order chi connectivity index (χ1) is 13.7. The van der Waals surface area contributed by atoms with Gasteiger partial charge in [-0.05, 0) is 42.8 Å². The van der Waals surface area contributed by atoms with Crippen molar-refractivity contribution < 1.29 is 13.6 Å². The van der Waals surface area contributed by atoms with Gasteiger partial charge in [-0.25, -0.2) is 0 Å². The Kier molecular flexibility index (Phi) is 4.24. The van der Waals surface area contributed by atoms with Crippen molar-refractivity contribution in [3.05, 3.63) is 58.3 Å². The summed E-state index contributed by atoms with van der Waals surface area (Å²) in [6.45, 7) is 2.73. The molecular weight excluding hydrogens is 374 g/mol. The number of carbonyl (C=O) groups is 1. The number of hydrogen-bond acceptors (Lipinski definition) is 6. The van der Waals surface area contributed by atoms with Crippen LogP contribution in [0.4, 0.5) is 0 Å². The average molecular weight is 393 g/mol. The number of thiophene rings is 1. The zero-order chi connectivity index (χ0) is 19.1. The van der Waals surface area contributed by atoms with E-state index >= 15 is 0 Å². The molecule has 1 fully saturated rings. The highest BCUT2D eigenvalue weighted by molar-refractivity contribution is 7.08. The van der Waals surface area contributed by atoms with Crippen LogP contribution in [0.5, 0.6) is 0 Å². The Morgan fingerprint density at radius 2 is 2.25 bits per heavy atom. The van der Waals surface area contributed by atoms with Gasteiger partial charge in [-0.2, -0.15) is 11.3 Å². The summed E-state index contributed by atoms with van der Waals surface area (Å²) in [5, 5.41) is 13.3. The second-order valence-corrected chi connectivity index (χ2v) is 7.92. The lowest BCUT2D eigenvalue weighted by molar-refractivity contribution is -0.131. The molecule has 0 spiro atoms. The molecule has 1 atom stereocenters. The van der Waals surface area contributed by atoms with Crippen molar-refractivity contribution in [1.82, 2.24) is 15.1 Å². The van der Waals surface area contributed by atoms with Gasteiger partial charge in [0.25, 0.3) is 0 Å². The standard InChI is InChI=1S/C21H19N3O3S/c1-13-4-5-16-15(11-26-18(16)9-13)10-19(25)24-7-2-3-17(24)21-23-22-20(27-21)14-6-8-28-12-14/h4-6,8-9,11-12,17H,2-3,7,10H2,1H3. The molecule has 1 aliphatic rings. The first-order valence-corrected chi connectivity index (χ1v) is 10.3. The van der Waals surface area contributed by atoms with E-state index in [4.69, 9.17) is 8.83 Å². The lowest BCUT2D eigenvalue weighted by Crippen LogP contribution is -2.32. The van der Waals surface area contributed by atoms with Crippen molar-refractivity contribution in [2.75, 3.05) is 6.54 Å². The van der Waals surface area contributed by atoms with Crippen LogP contribution in [0.3, 0.4) is 0 Å². The van der Waals surface area contributed by atoms with E-state index in [1.807, 2.05) is 46.8 Å². The van der Waals surface area contributed by atoms with E-state index < -0.39 is 0 Å². The van der Waals surface area contributed by atoms with Crippen LogP contribution in [-0.4, -0.2) is 27.5 Å². The van der Waals surface area contributed by atoms with Crippen molar-refractivity contribution in [2.24, 2.45) is 0 Å². The van der Waals surface area contributed by atoms with Crippen LogP contribution in [0.1, 0.15) is 35.9 Å². The highest BCUT2D eigenvalue weighted by atomic mass is 32.1. The highest BCUT2D eigenvalue weighted by Crippen LogP contribution is 2.34. The van der Waals surface area contributed by atoms with Gasteiger partial charge in [-0.15, -0.1) is 10.2 Å². The van der Waals surface area contributed by atoms with E-state index in [-0.39, 0.29) is 11.9 Å². The molecule has 0 radical (unpaired) electrons. The lowest BCUT2D eigenvalue weighted by atomic mass is 10.1. The fourth-order valence-electron chi connectivity index (χ4n) is 3.79. The van der Waals surface area contributed by atoms with Crippen LogP contribution in [0, 0.1) is 6.92 Å². The number of amides is 1. The highest BCUT2D eigenvalue weighted by Gasteiger charge is 2.34. The van der Waals surface area contributed by atoms with Crippen molar-refractivity contribution >= 4 is 28.2 Å². The zero-order valence-electron chi connectivity index (χ0n) is 15.4. The van der Waals surface area contributed by atoms with Crippen LogP contribution >= 0.6 is 11.3 Å². The Morgan fingerprint density at radius 1 is 1.32 bits per heavy atom. The Balaban J connectivity index is 1.37. The first-order valence-electron chi connectivity index (χ1n) is 9.31. The second-order valence-electron chi connectivity index (χ2n) is 7.14. The molecule has 28 heavy (non-hydrogen) atoms. The summed E-state index contributed by atoms with van der Waals surface area (Å²) in [5.74, 6) is 1.08. The summed E-state index contributed by atoms with van der Waals surface area (Å²) in [7, 11) is 0. The Labute approximate surface area is 165 Å². The predicted molar refractivity (Wildman–Crippen MR) is 106 cm³/mol. The minimum Gasteiger partial charge on any atom is -0.464 e. The largest absolute Gasteiger partial charge is 0.464 e. The number of aryl methyl sites for hydroxylation is 1. The normalized spacial score (nSPS) is 16.9. The molecule has 1 aromatic carbocycles. The molecular formula is C21H19N3O3S. The molecule has 5 rings (SSSR count). The van der Waals surface area contributed by atoms with Crippen molar-refractivity contribution in [1.29, 1.82) is 0 Å². The summed E-state index contributed by atoms with van der Waals surface area (Å²) in [6, 6.07) is 7.84. The third-order valence-electron chi connectivity index (χ3n) is 5.22. The van der Waals surface area contributed by atoms with Crippen molar-refractivity contribution in [3.63, 3.8) is 0 Å². The van der Waals surface area contributed by atoms with Gasteiger partial charge in [0.1, 0.15) is 11.6 Å². The van der Waals surface area contributed by atoms with E-state index in [0.717, 1.165) is 40.5 Å². The van der Waals surface area contributed by atoms with Gasteiger partial charge in [0.15, 0.2) is 0 Å². The Morgan fingerprint density at radius 3 is 3.11 bits per heavy atom. The molecule has 3 aromatic heterocycles. The van der Waals surface area contributed by atoms with Crippen LogP contribution in [0.2, 0.25) is 0 Å². The van der Waals surface area contributed by atoms with Crippen molar-refractivity contribution in [2.45, 2.75) is 32.2 Å². The maximum absolute atomic E-state index is 13.0. The molecule has 1 amide bonds. The van der Waals surface area contributed by atoms with E-state index in [0.29, 0.717) is 24.7 Å². The molecule has 0 aliphatic carbocycles. The Bertz CT molecular complexity index is 1130. The topological polar surface area (TPSA) is 72.4 Å². The molecule has 1 unspecified atom stereocenters. The summed E-state index contributed by atoms with van der Waals surface area (Å²) in [4.78, 5) is 14.9.